The Bertz CT molecular complexity index is 244. The fourth-order valence-electron chi connectivity index (χ4n) is 1.04. The van der Waals surface area contributed by atoms with Crippen LogP contribution >= 0.6 is 0 Å². The highest BCUT2D eigenvalue weighted by molar-refractivity contribution is 5.74. The molecular weight excluding hydrogens is 156 g/mol. The van der Waals surface area contributed by atoms with Crippen molar-refractivity contribution in [3.63, 3.8) is 0 Å². The van der Waals surface area contributed by atoms with E-state index in [1.54, 1.807) is 12.4 Å². The van der Waals surface area contributed by atoms with Crippen LogP contribution in [-0.4, -0.2) is 22.4 Å². The summed E-state index contributed by atoms with van der Waals surface area (Å²) in [4.78, 5) is 17.5. The van der Waals surface area contributed by atoms with Crippen LogP contribution in [0.25, 0.3) is 0 Å². The average Bonchev–Trinajstić information content (AvgIpc) is 2.51. The number of imidazole rings is 1. The summed E-state index contributed by atoms with van der Waals surface area (Å²) in [6.45, 7) is 0.371. The fourth-order valence-corrected chi connectivity index (χ4v) is 1.04. The van der Waals surface area contributed by atoms with Crippen LogP contribution in [0.2, 0.25) is 0 Å². The normalized spacial score (nSPS) is 12.8. The minimum atomic E-state index is -0.359. The summed E-state index contributed by atoms with van der Waals surface area (Å²) in [7, 11) is 0. The Hall–Kier alpha value is -1.36. The van der Waals surface area contributed by atoms with Gasteiger partial charge in [0.05, 0.1) is 0 Å². The maximum absolute atomic E-state index is 10.6. The molecule has 5 N–H and O–H groups in total. The number of hydrogen-bond donors (Lipinski definition) is 3. The number of hydrogen-bond acceptors (Lipinski definition) is 3. The Kier molecular flexibility index (Phi) is 2.82. The first-order valence-corrected chi connectivity index (χ1v) is 3.71. The molecule has 0 bridgehead atoms. The third kappa shape index (κ3) is 2.06. The summed E-state index contributed by atoms with van der Waals surface area (Å²) in [6.07, 6.45) is 3.56. The van der Waals surface area contributed by atoms with Crippen LogP contribution in [0.15, 0.2) is 12.4 Å². The van der Waals surface area contributed by atoms with Crippen molar-refractivity contribution in [1.82, 2.24) is 9.97 Å². The molecular formula is C7H12N4O. The number of H-pyrrole nitrogens is 1. The quantitative estimate of drug-likeness (QED) is 0.556. The SMILES string of the molecule is NCC(CC(N)=O)c1ncc[nH]1. The van der Waals surface area contributed by atoms with Crippen LogP contribution in [0.5, 0.6) is 0 Å². The molecule has 1 amide bonds. The largest absolute Gasteiger partial charge is 0.370 e. The summed E-state index contributed by atoms with van der Waals surface area (Å²) in [5.41, 5.74) is 10.5. The van der Waals surface area contributed by atoms with Crippen LogP contribution in [0.1, 0.15) is 18.2 Å². The van der Waals surface area contributed by atoms with Crippen LogP contribution in [0.3, 0.4) is 0 Å². The molecule has 0 aliphatic rings. The highest BCUT2D eigenvalue weighted by Gasteiger charge is 2.14. The van der Waals surface area contributed by atoms with E-state index in [0.29, 0.717) is 6.54 Å². The number of carbonyl (C=O) groups is 1. The third-order valence-corrected chi connectivity index (χ3v) is 1.64. The third-order valence-electron chi connectivity index (χ3n) is 1.64. The monoisotopic (exact) mass is 168 g/mol. The zero-order valence-corrected chi connectivity index (χ0v) is 6.66. The molecule has 0 spiro atoms. The van der Waals surface area contributed by atoms with E-state index in [-0.39, 0.29) is 18.2 Å². The van der Waals surface area contributed by atoms with Crippen molar-refractivity contribution in [3.8, 4) is 0 Å². The van der Waals surface area contributed by atoms with Crippen molar-refractivity contribution in [2.75, 3.05) is 6.54 Å². The van der Waals surface area contributed by atoms with Gasteiger partial charge in [-0.25, -0.2) is 4.98 Å². The Morgan fingerprint density at radius 1 is 1.75 bits per heavy atom. The fraction of sp³-hybridized carbons (Fsp3) is 0.429. The number of nitrogens with two attached hydrogens (primary N) is 2. The van der Waals surface area contributed by atoms with Crippen LogP contribution in [-0.2, 0) is 4.79 Å². The molecule has 0 aliphatic heterocycles. The summed E-state index contributed by atoms with van der Waals surface area (Å²) in [6, 6.07) is 0. The van der Waals surface area contributed by atoms with Gasteiger partial charge < -0.3 is 16.5 Å². The number of nitrogens with one attached hydrogen (secondary N) is 1. The Balaban J connectivity index is 2.63. The molecule has 0 aliphatic carbocycles. The Labute approximate surface area is 70.2 Å². The van der Waals surface area contributed by atoms with Crippen molar-refractivity contribution >= 4 is 5.91 Å². The number of amides is 1. The van der Waals surface area contributed by atoms with Gasteiger partial charge in [-0.3, -0.25) is 4.79 Å². The predicted molar refractivity (Wildman–Crippen MR) is 44.2 cm³/mol. The maximum Gasteiger partial charge on any atom is 0.218 e. The summed E-state index contributed by atoms with van der Waals surface area (Å²) >= 11 is 0. The number of nitrogens with zero attached hydrogens (tertiary/aromatic N) is 1. The minimum Gasteiger partial charge on any atom is -0.370 e. The second-order valence-corrected chi connectivity index (χ2v) is 2.58. The van der Waals surface area contributed by atoms with E-state index in [2.05, 4.69) is 9.97 Å². The highest BCUT2D eigenvalue weighted by atomic mass is 16.1. The molecule has 66 valence electrons. The van der Waals surface area contributed by atoms with Crippen LogP contribution in [0, 0.1) is 0 Å². The molecule has 1 rings (SSSR count). The first-order chi connectivity index (χ1) is 5.74. The number of carbonyl (C=O) groups excluding carboxylic acids is 1. The molecule has 0 fully saturated rings. The van der Waals surface area contributed by atoms with E-state index in [0.717, 1.165) is 5.82 Å². The standard InChI is InChI=1S/C7H12N4O/c8-4-5(3-6(9)12)7-10-1-2-11-7/h1-2,5H,3-4,8H2,(H2,9,12)(H,10,11). The summed E-state index contributed by atoms with van der Waals surface area (Å²) in [5, 5.41) is 0. The lowest BCUT2D eigenvalue weighted by atomic mass is 10.1. The Morgan fingerprint density at radius 3 is 2.92 bits per heavy atom. The zero-order valence-electron chi connectivity index (χ0n) is 6.66. The number of rotatable bonds is 4. The Morgan fingerprint density at radius 2 is 2.50 bits per heavy atom. The van der Waals surface area contributed by atoms with Gasteiger partial charge in [0.2, 0.25) is 5.91 Å². The number of primary amides is 1. The number of aromatic amines is 1. The van der Waals surface area contributed by atoms with E-state index in [1.165, 1.54) is 0 Å². The van der Waals surface area contributed by atoms with Gasteiger partial charge in [-0.05, 0) is 0 Å². The first-order valence-electron chi connectivity index (χ1n) is 3.71. The van der Waals surface area contributed by atoms with Gasteiger partial charge in [0.15, 0.2) is 0 Å². The summed E-state index contributed by atoms with van der Waals surface area (Å²) in [5.74, 6) is 0.274. The molecule has 5 heteroatoms. The van der Waals surface area contributed by atoms with Crippen molar-refractivity contribution in [2.45, 2.75) is 12.3 Å². The van der Waals surface area contributed by atoms with Crippen molar-refractivity contribution in [3.05, 3.63) is 18.2 Å². The molecule has 1 aromatic rings. The molecule has 0 aromatic carbocycles. The van der Waals surface area contributed by atoms with E-state index < -0.39 is 0 Å². The zero-order chi connectivity index (χ0) is 8.97. The molecule has 12 heavy (non-hydrogen) atoms. The molecule has 0 radical (unpaired) electrons. The predicted octanol–water partition coefficient (Wildman–Crippen LogP) is -0.673. The molecule has 0 saturated heterocycles. The van der Waals surface area contributed by atoms with Gasteiger partial charge in [-0.1, -0.05) is 0 Å². The number of aromatic nitrogens is 2. The second kappa shape index (κ2) is 3.87. The molecule has 1 unspecified atom stereocenters. The van der Waals surface area contributed by atoms with E-state index in [9.17, 15) is 4.79 Å². The van der Waals surface area contributed by atoms with Crippen molar-refractivity contribution in [2.24, 2.45) is 11.5 Å². The van der Waals surface area contributed by atoms with Crippen molar-refractivity contribution in [1.29, 1.82) is 0 Å². The van der Waals surface area contributed by atoms with Crippen molar-refractivity contribution < 1.29 is 4.79 Å². The second-order valence-electron chi connectivity index (χ2n) is 2.58. The van der Waals surface area contributed by atoms with Gasteiger partial charge in [0.25, 0.3) is 0 Å². The highest BCUT2D eigenvalue weighted by Crippen LogP contribution is 2.12. The average molecular weight is 168 g/mol. The molecule has 0 saturated carbocycles. The van der Waals surface area contributed by atoms with E-state index >= 15 is 0 Å². The van der Waals surface area contributed by atoms with Gasteiger partial charge >= 0.3 is 0 Å². The lowest BCUT2D eigenvalue weighted by Crippen LogP contribution is -2.21. The minimum absolute atomic E-state index is 0.0856. The van der Waals surface area contributed by atoms with Gasteiger partial charge in [-0.2, -0.15) is 0 Å². The lowest BCUT2D eigenvalue weighted by molar-refractivity contribution is -0.118. The molecule has 1 heterocycles. The topological polar surface area (TPSA) is 97.8 Å². The molecule has 5 nitrogen and oxygen atoms in total. The van der Waals surface area contributed by atoms with Gasteiger partial charge in [0.1, 0.15) is 5.82 Å². The van der Waals surface area contributed by atoms with Crippen LogP contribution < -0.4 is 11.5 Å². The molecule has 1 atom stereocenters. The summed E-state index contributed by atoms with van der Waals surface area (Å²) < 4.78 is 0. The molecule has 1 aromatic heterocycles. The van der Waals surface area contributed by atoms with Gasteiger partial charge in [0, 0.05) is 31.3 Å². The van der Waals surface area contributed by atoms with E-state index in [4.69, 9.17) is 11.5 Å². The first kappa shape index (κ1) is 8.73. The van der Waals surface area contributed by atoms with Crippen LogP contribution in [0.4, 0.5) is 0 Å². The van der Waals surface area contributed by atoms with E-state index in [1.807, 2.05) is 0 Å². The maximum atomic E-state index is 10.6. The lowest BCUT2D eigenvalue weighted by Gasteiger charge is -2.08. The smallest absolute Gasteiger partial charge is 0.218 e. The van der Waals surface area contributed by atoms with Gasteiger partial charge in [-0.15, -0.1) is 0 Å².